The summed E-state index contributed by atoms with van der Waals surface area (Å²) in [4.78, 5) is 25.9. The Bertz CT molecular complexity index is 965. The average Bonchev–Trinajstić information content (AvgIpc) is 3.09. The van der Waals surface area contributed by atoms with Crippen molar-refractivity contribution in [3.63, 3.8) is 0 Å². The highest BCUT2D eigenvalue weighted by atomic mass is 32.2. The van der Waals surface area contributed by atoms with E-state index in [1.807, 2.05) is 41.3 Å². The second-order valence-electron chi connectivity index (χ2n) is 7.89. The summed E-state index contributed by atoms with van der Waals surface area (Å²) in [6.07, 6.45) is 3.75. The Balaban J connectivity index is 1.89. The van der Waals surface area contributed by atoms with Crippen LogP contribution in [0.15, 0.2) is 47.5 Å². The molecule has 0 N–H and O–H groups in total. The number of nitrogens with zero attached hydrogens (tertiary/aromatic N) is 4. The van der Waals surface area contributed by atoms with Gasteiger partial charge in [0.05, 0.1) is 6.54 Å². The Kier molecular flexibility index (Phi) is 7.91. The molecule has 160 valence electrons. The molecule has 2 heterocycles. The normalized spacial score (nSPS) is 11.4. The molecule has 0 saturated carbocycles. The average molecular weight is 425 g/mol. The van der Waals surface area contributed by atoms with Crippen LogP contribution in [0, 0.1) is 5.92 Å². The summed E-state index contributed by atoms with van der Waals surface area (Å²) in [5.41, 5.74) is 2.51. The van der Waals surface area contributed by atoms with Crippen LogP contribution >= 0.6 is 11.8 Å². The number of carbonyl (C=O) groups is 1. The first-order chi connectivity index (χ1) is 14.5. The van der Waals surface area contributed by atoms with E-state index in [-0.39, 0.29) is 5.91 Å². The zero-order chi connectivity index (χ0) is 21.5. The molecule has 3 aromatic rings. The highest BCUT2D eigenvalue weighted by Gasteiger charge is 2.20. The lowest BCUT2D eigenvalue weighted by molar-refractivity contribution is 0.0729. The summed E-state index contributed by atoms with van der Waals surface area (Å²) in [6.45, 7) is 10.7. The number of aromatic nitrogens is 3. The Morgan fingerprint density at radius 3 is 2.60 bits per heavy atom. The third kappa shape index (κ3) is 5.42. The number of hydrogen-bond acceptors (Lipinski definition) is 4. The van der Waals surface area contributed by atoms with Gasteiger partial charge in [-0.05, 0) is 60.9 Å². The van der Waals surface area contributed by atoms with E-state index < -0.39 is 0 Å². The maximum absolute atomic E-state index is 13.4. The highest BCUT2D eigenvalue weighted by molar-refractivity contribution is 7.99. The van der Waals surface area contributed by atoms with Crippen LogP contribution in [0.1, 0.15) is 56.7 Å². The smallest absolute Gasteiger partial charge is 0.254 e. The molecular weight excluding hydrogens is 392 g/mol. The van der Waals surface area contributed by atoms with Crippen molar-refractivity contribution in [3.05, 3.63) is 54.0 Å². The van der Waals surface area contributed by atoms with Crippen molar-refractivity contribution in [2.24, 2.45) is 5.92 Å². The van der Waals surface area contributed by atoms with Crippen LogP contribution in [0.2, 0.25) is 0 Å². The maximum atomic E-state index is 13.4. The third-order valence-corrected chi connectivity index (χ3v) is 5.93. The summed E-state index contributed by atoms with van der Waals surface area (Å²) >= 11 is 1.79. The highest BCUT2D eigenvalue weighted by Crippen LogP contribution is 2.21. The van der Waals surface area contributed by atoms with E-state index in [0.717, 1.165) is 47.7 Å². The molecular formula is C24H32N4OS. The molecule has 0 aliphatic rings. The summed E-state index contributed by atoms with van der Waals surface area (Å²) in [5.74, 6) is 2.52. The molecule has 30 heavy (non-hydrogen) atoms. The second kappa shape index (κ2) is 10.6. The second-order valence-corrected chi connectivity index (χ2v) is 9.23. The summed E-state index contributed by atoms with van der Waals surface area (Å²) in [7, 11) is 0. The molecule has 0 unspecified atom stereocenters. The van der Waals surface area contributed by atoms with Gasteiger partial charge >= 0.3 is 0 Å². The summed E-state index contributed by atoms with van der Waals surface area (Å²) < 4.78 is 2.16. The fourth-order valence-electron chi connectivity index (χ4n) is 3.46. The summed E-state index contributed by atoms with van der Waals surface area (Å²) in [5, 5.41) is 0. The lowest BCUT2D eigenvalue weighted by atomic mass is 10.1. The van der Waals surface area contributed by atoms with Crippen molar-refractivity contribution < 1.29 is 4.79 Å². The number of benzene rings is 1. The quantitative estimate of drug-likeness (QED) is 0.395. The van der Waals surface area contributed by atoms with Gasteiger partial charge in [-0.25, -0.2) is 9.97 Å². The van der Waals surface area contributed by atoms with Crippen molar-refractivity contribution >= 4 is 28.8 Å². The Hall–Kier alpha value is -2.34. The van der Waals surface area contributed by atoms with E-state index in [0.29, 0.717) is 19.0 Å². The predicted octanol–water partition coefficient (Wildman–Crippen LogP) is 5.64. The van der Waals surface area contributed by atoms with Gasteiger partial charge < -0.3 is 9.47 Å². The third-order valence-electron chi connectivity index (χ3n) is 5.04. The number of imidazole rings is 1. The van der Waals surface area contributed by atoms with Gasteiger partial charge in [0.15, 0.2) is 5.65 Å². The molecule has 0 spiro atoms. The van der Waals surface area contributed by atoms with E-state index >= 15 is 0 Å². The number of fused-ring (bicyclic) bond motifs is 1. The molecule has 0 aliphatic heterocycles. The van der Waals surface area contributed by atoms with Crippen LogP contribution in [0.5, 0.6) is 0 Å². The lowest BCUT2D eigenvalue weighted by Crippen LogP contribution is -2.33. The van der Waals surface area contributed by atoms with Gasteiger partial charge in [-0.3, -0.25) is 4.79 Å². The monoisotopic (exact) mass is 424 g/mol. The molecule has 0 bridgehead atoms. The number of rotatable bonds is 10. The lowest BCUT2D eigenvalue weighted by Gasteiger charge is -2.24. The van der Waals surface area contributed by atoms with Crippen LogP contribution in [0.4, 0.5) is 0 Å². The van der Waals surface area contributed by atoms with Crippen LogP contribution < -0.4 is 0 Å². The number of hydrogen-bond donors (Lipinski definition) is 0. The van der Waals surface area contributed by atoms with Gasteiger partial charge in [-0.15, -0.1) is 11.8 Å². The van der Waals surface area contributed by atoms with Crippen LogP contribution in [-0.4, -0.2) is 37.6 Å². The largest absolute Gasteiger partial charge is 0.331 e. The standard InChI is InChI=1S/C24H32N4OS/c1-5-15-28-22(26-21-8-7-14-25-23(21)28)17-27(16-13-18(3)4)24(29)19-9-11-20(12-10-19)30-6-2/h7-12,14,18H,5-6,13,15-17H2,1-4H3. The molecule has 0 radical (unpaired) electrons. The van der Waals surface area contributed by atoms with Gasteiger partial charge in [0.25, 0.3) is 5.91 Å². The molecule has 0 aliphatic carbocycles. The number of amides is 1. The molecule has 1 amide bonds. The summed E-state index contributed by atoms with van der Waals surface area (Å²) in [6, 6.07) is 11.9. The van der Waals surface area contributed by atoms with Crippen molar-refractivity contribution in [2.45, 2.75) is 58.5 Å². The molecule has 0 fully saturated rings. The Morgan fingerprint density at radius 1 is 1.17 bits per heavy atom. The number of pyridine rings is 1. The fourth-order valence-corrected chi connectivity index (χ4v) is 4.13. The first kappa shape index (κ1) is 22.3. The van der Waals surface area contributed by atoms with Crippen molar-refractivity contribution in [2.75, 3.05) is 12.3 Å². The zero-order valence-corrected chi connectivity index (χ0v) is 19.3. The van der Waals surface area contributed by atoms with Crippen LogP contribution in [0.3, 0.4) is 0 Å². The maximum Gasteiger partial charge on any atom is 0.254 e. The molecule has 3 rings (SSSR count). The first-order valence-electron chi connectivity index (χ1n) is 10.9. The number of carbonyl (C=O) groups excluding carboxylic acids is 1. The molecule has 0 atom stereocenters. The van der Waals surface area contributed by atoms with Gasteiger partial charge in [0, 0.05) is 29.7 Å². The Morgan fingerprint density at radius 2 is 1.93 bits per heavy atom. The van der Waals surface area contributed by atoms with Crippen LogP contribution in [0.25, 0.3) is 11.2 Å². The first-order valence-corrected chi connectivity index (χ1v) is 11.8. The Labute approximate surface area is 183 Å². The van der Waals surface area contributed by atoms with Crippen molar-refractivity contribution in [1.29, 1.82) is 0 Å². The van der Waals surface area contributed by atoms with Crippen molar-refractivity contribution in [1.82, 2.24) is 19.4 Å². The molecule has 0 saturated heterocycles. The minimum atomic E-state index is 0.0618. The van der Waals surface area contributed by atoms with Crippen molar-refractivity contribution in [3.8, 4) is 0 Å². The van der Waals surface area contributed by atoms with Gasteiger partial charge in [0.2, 0.25) is 0 Å². The number of aryl methyl sites for hydroxylation is 1. The minimum absolute atomic E-state index is 0.0618. The SMILES string of the molecule is CCCn1c(CN(CCC(C)C)C(=O)c2ccc(SCC)cc2)nc2cccnc21. The molecule has 6 heteroatoms. The van der Waals surface area contributed by atoms with E-state index in [2.05, 4.69) is 37.2 Å². The van der Waals surface area contributed by atoms with E-state index in [1.165, 1.54) is 4.90 Å². The molecule has 2 aromatic heterocycles. The van der Waals surface area contributed by atoms with Crippen LogP contribution in [-0.2, 0) is 13.1 Å². The van der Waals surface area contributed by atoms with E-state index in [4.69, 9.17) is 4.98 Å². The van der Waals surface area contributed by atoms with Gasteiger partial charge in [0.1, 0.15) is 11.3 Å². The molecule has 1 aromatic carbocycles. The van der Waals surface area contributed by atoms with E-state index in [1.54, 1.807) is 18.0 Å². The van der Waals surface area contributed by atoms with Gasteiger partial charge in [-0.2, -0.15) is 0 Å². The fraction of sp³-hybridized carbons (Fsp3) is 0.458. The predicted molar refractivity (Wildman–Crippen MR) is 125 cm³/mol. The van der Waals surface area contributed by atoms with E-state index in [9.17, 15) is 4.79 Å². The minimum Gasteiger partial charge on any atom is -0.331 e. The molecule has 5 nitrogen and oxygen atoms in total. The van der Waals surface area contributed by atoms with Gasteiger partial charge in [-0.1, -0.05) is 27.7 Å². The topological polar surface area (TPSA) is 51.0 Å². The number of thioether (sulfide) groups is 1. The zero-order valence-electron chi connectivity index (χ0n) is 18.5.